The second-order valence-electron chi connectivity index (χ2n) is 9.49. The summed E-state index contributed by atoms with van der Waals surface area (Å²) < 4.78 is 11.4. The van der Waals surface area contributed by atoms with Gasteiger partial charge in [-0.25, -0.2) is 4.79 Å². The van der Waals surface area contributed by atoms with Crippen molar-refractivity contribution < 1.29 is 19.1 Å². The summed E-state index contributed by atoms with van der Waals surface area (Å²) in [5.41, 5.74) is 3.16. The zero-order valence-electron chi connectivity index (χ0n) is 20.0. The van der Waals surface area contributed by atoms with Gasteiger partial charge in [0.15, 0.2) is 0 Å². The fourth-order valence-corrected chi connectivity index (χ4v) is 5.26. The number of amides is 1. The molecule has 0 unspecified atom stereocenters. The van der Waals surface area contributed by atoms with Crippen LogP contribution in [0.3, 0.4) is 0 Å². The Kier molecular flexibility index (Phi) is 6.96. The maximum Gasteiger partial charge on any atom is 0.328 e. The van der Waals surface area contributed by atoms with Crippen LogP contribution in [0, 0.1) is 5.92 Å². The molecule has 1 aliphatic heterocycles. The number of carbonyl (C=O) groups is 2. The van der Waals surface area contributed by atoms with Gasteiger partial charge in [0.2, 0.25) is 5.91 Å². The third kappa shape index (κ3) is 5.15. The maximum atomic E-state index is 14.0. The minimum Gasteiger partial charge on any atom is -0.467 e. The molecule has 0 spiro atoms. The lowest BCUT2D eigenvalue weighted by molar-refractivity contribution is -0.151. The molecule has 1 heterocycles. The molecule has 4 atom stereocenters. The molecule has 3 aromatic carbocycles. The number of hydrogen-bond acceptors (Lipinski definition) is 4. The number of likely N-dealkylation sites (tertiary alicyclic amines) is 1. The highest BCUT2D eigenvalue weighted by atomic mass is 16.5. The molecule has 2 fully saturated rings. The fraction of sp³-hybridized carbons (Fsp3) is 0.333. The summed E-state index contributed by atoms with van der Waals surface area (Å²) >= 11 is 0. The Morgan fingerprint density at radius 1 is 0.857 bits per heavy atom. The zero-order valence-corrected chi connectivity index (χ0v) is 20.0. The average Bonchev–Trinajstić information content (AvgIpc) is 3.57. The van der Waals surface area contributed by atoms with Crippen molar-refractivity contribution >= 4 is 11.9 Å². The fourth-order valence-electron chi connectivity index (χ4n) is 5.26. The molecule has 5 rings (SSSR count). The quantitative estimate of drug-likeness (QED) is 0.446. The summed E-state index contributed by atoms with van der Waals surface area (Å²) in [6.07, 6.45) is 1.38. The first-order valence-electron chi connectivity index (χ1n) is 12.3. The van der Waals surface area contributed by atoms with Crippen molar-refractivity contribution in [3.63, 3.8) is 0 Å². The van der Waals surface area contributed by atoms with E-state index >= 15 is 0 Å². The summed E-state index contributed by atoms with van der Waals surface area (Å²) in [6, 6.07) is 29.3. The van der Waals surface area contributed by atoms with Gasteiger partial charge >= 0.3 is 5.97 Å². The summed E-state index contributed by atoms with van der Waals surface area (Å²) in [4.78, 5) is 28.3. The first kappa shape index (κ1) is 23.3. The third-order valence-corrected chi connectivity index (χ3v) is 7.23. The van der Waals surface area contributed by atoms with Gasteiger partial charge in [0.05, 0.1) is 25.7 Å². The predicted molar refractivity (Wildman–Crippen MR) is 134 cm³/mol. The Balaban J connectivity index is 1.31. The van der Waals surface area contributed by atoms with Crippen molar-refractivity contribution in [1.82, 2.24) is 4.90 Å². The summed E-state index contributed by atoms with van der Waals surface area (Å²) in [7, 11) is 1.37. The normalized spacial score (nSPS) is 23.3. The number of carbonyl (C=O) groups excluding carboxylic acids is 2. The van der Waals surface area contributed by atoms with E-state index < -0.39 is 17.9 Å². The lowest BCUT2D eigenvalue weighted by atomic mass is 9.90. The van der Waals surface area contributed by atoms with Gasteiger partial charge in [0, 0.05) is 13.0 Å². The third-order valence-electron chi connectivity index (χ3n) is 7.23. The number of benzene rings is 3. The van der Waals surface area contributed by atoms with E-state index in [9.17, 15) is 9.59 Å². The van der Waals surface area contributed by atoms with Crippen LogP contribution in [-0.4, -0.2) is 49.2 Å². The lowest BCUT2D eigenvalue weighted by Gasteiger charge is -2.28. The Bertz CT molecular complexity index is 1100. The van der Waals surface area contributed by atoms with Crippen molar-refractivity contribution in [3.05, 3.63) is 108 Å². The Labute approximate surface area is 206 Å². The van der Waals surface area contributed by atoms with E-state index in [1.807, 2.05) is 66.7 Å². The molecule has 180 valence electrons. The molecule has 1 saturated carbocycles. The molecule has 1 amide bonds. The first-order chi connectivity index (χ1) is 17.2. The topological polar surface area (TPSA) is 55.8 Å². The van der Waals surface area contributed by atoms with Crippen LogP contribution < -0.4 is 0 Å². The Morgan fingerprint density at radius 2 is 1.43 bits per heavy atom. The second kappa shape index (κ2) is 10.4. The minimum atomic E-state index is -0.642. The molecule has 3 aromatic rings. The molecule has 35 heavy (non-hydrogen) atoms. The molecule has 0 aromatic heterocycles. The largest absolute Gasteiger partial charge is 0.467 e. The lowest BCUT2D eigenvalue weighted by Crippen LogP contribution is -2.43. The Hall–Kier alpha value is -3.44. The maximum absolute atomic E-state index is 14.0. The molecule has 0 bridgehead atoms. The number of ether oxygens (including phenoxy) is 2. The molecule has 5 heteroatoms. The number of hydrogen-bond donors (Lipinski definition) is 0. The standard InChI is InChI=1S/C30H31NO4/c1-34-30(33)27-18-25(35-20-24-17-26(24)21-11-5-2-6-12-21)19-31(27)29(32)28(22-13-7-3-8-14-22)23-15-9-4-10-16-23/h2-16,24-28H,17-20H2,1H3/t24-,25-,26-,27-/m0/s1. The van der Waals surface area contributed by atoms with Crippen molar-refractivity contribution in [2.75, 3.05) is 20.3 Å². The van der Waals surface area contributed by atoms with Crippen molar-refractivity contribution in [2.45, 2.75) is 36.8 Å². The van der Waals surface area contributed by atoms with Crippen molar-refractivity contribution in [2.24, 2.45) is 5.92 Å². The van der Waals surface area contributed by atoms with Gasteiger partial charge in [0.25, 0.3) is 0 Å². The van der Waals surface area contributed by atoms with Gasteiger partial charge in [0.1, 0.15) is 6.04 Å². The second-order valence-corrected chi connectivity index (χ2v) is 9.49. The molecule has 1 saturated heterocycles. The van der Waals surface area contributed by atoms with E-state index in [4.69, 9.17) is 9.47 Å². The van der Waals surface area contributed by atoms with Gasteiger partial charge in [-0.15, -0.1) is 0 Å². The number of rotatable bonds is 8. The van der Waals surface area contributed by atoms with Crippen molar-refractivity contribution in [3.8, 4) is 0 Å². The highest BCUT2D eigenvalue weighted by Gasteiger charge is 2.45. The summed E-state index contributed by atoms with van der Waals surface area (Å²) in [5.74, 6) is 0.0389. The molecule has 1 aliphatic carbocycles. The number of esters is 1. The van der Waals surface area contributed by atoms with E-state index in [1.54, 1.807) is 4.90 Å². The van der Waals surface area contributed by atoms with Gasteiger partial charge in [-0.2, -0.15) is 0 Å². The summed E-state index contributed by atoms with van der Waals surface area (Å²) in [5, 5.41) is 0. The molecule has 5 nitrogen and oxygen atoms in total. The van der Waals surface area contributed by atoms with Crippen LogP contribution in [0.1, 0.15) is 41.4 Å². The minimum absolute atomic E-state index is 0.0996. The van der Waals surface area contributed by atoms with Crippen molar-refractivity contribution in [1.29, 1.82) is 0 Å². The SMILES string of the molecule is COC(=O)[C@@H]1C[C@H](OC[C@@H]2C[C@H]2c2ccccc2)CN1C(=O)C(c1ccccc1)c1ccccc1. The average molecular weight is 470 g/mol. The van der Waals surface area contributed by atoms with E-state index in [2.05, 4.69) is 24.3 Å². The van der Waals surface area contributed by atoms with E-state index in [0.29, 0.717) is 31.4 Å². The number of methoxy groups -OCH3 is 1. The van der Waals surface area contributed by atoms with E-state index in [0.717, 1.165) is 17.5 Å². The van der Waals surface area contributed by atoms with Gasteiger partial charge in [-0.3, -0.25) is 4.79 Å². The van der Waals surface area contributed by atoms with Crippen LogP contribution in [0.4, 0.5) is 0 Å². The highest BCUT2D eigenvalue weighted by molar-refractivity contribution is 5.91. The van der Waals surface area contributed by atoms with E-state index in [-0.39, 0.29) is 12.0 Å². The number of nitrogens with zero attached hydrogens (tertiary/aromatic N) is 1. The smallest absolute Gasteiger partial charge is 0.328 e. The molecule has 0 N–H and O–H groups in total. The van der Waals surface area contributed by atoms with E-state index in [1.165, 1.54) is 12.7 Å². The Morgan fingerprint density at radius 3 is 2.00 bits per heavy atom. The first-order valence-corrected chi connectivity index (χ1v) is 12.3. The molecule has 0 radical (unpaired) electrons. The van der Waals surface area contributed by atoms with Crippen LogP contribution >= 0.6 is 0 Å². The van der Waals surface area contributed by atoms with Crippen LogP contribution in [0.2, 0.25) is 0 Å². The van der Waals surface area contributed by atoms with Crippen LogP contribution in [0.25, 0.3) is 0 Å². The van der Waals surface area contributed by atoms with Crippen LogP contribution in [0.5, 0.6) is 0 Å². The zero-order chi connectivity index (χ0) is 24.2. The monoisotopic (exact) mass is 469 g/mol. The summed E-state index contributed by atoms with van der Waals surface area (Å²) in [6.45, 7) is 1.03. The highest BCUT2D eigenvalue weighted by Crippen LogP contribution is 2.47. The predicted octanol–water partition coefficient (Wildman–Crippen LogP) is 4.78. The molecule has 2 aliphatic rings. The van der Waals surface area contributed by atoms with Crippen LogP contribution in [-0.2, 0) is 19.1 Å². The molecular formula is C30H31NO4. The molecular weight excluding hydrogens is 438 g/mol. The van der Waals surface area contributed by atoms with Gasteiger partial charge in [-0.05, 0) is 34.9 Å². The van der Waals surface area contributed by atoms with Gasteiger partial charge < -0.3 is 14.4 Å². The van der Waals surface area contributed by atoms with Crippen LogP contribution in [0.15, 0.2) is 91.0 Å². The van der Waals surface area contributed by atoms with Gasteiger partial charge in [-0.1, -0.05) is 91.0 Å².